The van der Waals surface area contributed by atoms with Crippen molar-refractivity contribution in [1.82, 2.24) is 5.16 Å². The molecule has 1 aromatic heterocycles. The Morgan fingerprint density at radius 1 is 1.26 bits per heavy atom. The van der Waals surface area contributed by atoms with Crippen LogP contribution < -0.4 is 5.32 Å². The number of nitrogens with zero attached hydrogens (tertiary/aromatic N) is 1. The Labute approximate surface area is 207 Å². The van der Waals surface area contributed by atoms with E-state index in [1.165, 1.54) is 0 Å². The zero-order valence-electron chi connectivity index (χ0n) is 20.6. The van der Waals surface area contributed by atoms with Gasteiger partial charge >= 0.3 is 5.97 Å². The maximum absolute atomic E-state index is 11.7. The highest BCUT2D eigenvalue weighted by Crippen LogP contribution is 2.53. The monoisotopic (exact) mass is 488 g/mol. The first-order valence-electron chi connectivity index (χ1n) is 12.4. The zero-order valence-corrected chi connectivity index (χ0v) is 21.4. The number of carboxylic acids is 1. The van der Waals surface area contributed by atoms with Crippen molar-refractivity contribution in [3.05, 3.63) is 46.3 Å². The SMILES string of the molecule is Cc1ccc(NC(O)C[C@H](CC(=O)O)c2noc(C3CC(CC(C)(C)Cl)C3)c2C2CC2)c(C)c1. The summed E-state index contributed by atoms with van der Waals surface area (Å²) in [5.74, 6) is 0.912. The van der Waals surface area contributed by atoms with Gasteiger partial charge in [-0.2, -0.15) is 0 Å². The number of anilines is 1. The Hall–Kier alpha value is -2.05. The molecule has 1 unspecified atom stereocenters. The molecule has 0 bridgehead atoms. The number of alkyl halides is 1. The average Bonchev–Trinajstić information content (AvgIpc) is 3.43. The number of nitrogens with one attached hydrogen (secondary N) is 1. The number of halogens is 1. The Kier molecular flexibility index (Phi) is 7.30. The van der Waals surface area contributed by atoms with Crippen molar-refractivity contribution in [2.75, 3.05) is 5.32 Å². The second-order valence-corrected chi connectivity index (χ2v) is 12.1. The molecule has 0 amide bonds. The van der Waals surface area contributed by atoms with E-state index >= 15 is 0 Å². The fourth-order valence-corrected chi connectivity index (χ4v) is 5.70. The highest BCUT2D eigenvalue weighted by molar-refractivity contribution is 6.23. The zero-order chi connectivity index (χ0) is 24.6. The van der Waals surface area contributed by atoms with Gasteiger partial charge in [0.2, 0.25) is 0 Å². The minimum absolute atomic E-state index is 0.0922. The van der Waals surface area contributed by atoms with Gasteiger partial charge in [-0.25, -0.2) is 0 Å². The van der Waals surface area contributed by atoms with Gasteiger partial charge < -0.3 is 20.1 Å². The summed E-state index contributed by atoms with van der Waals surface area (Å²) in [7, 11) is 0. The van der Waals surface area contributed by atoms with E-state index < -0.39 is 18.1 Å². The van der Waals surface area contributed by atoms with Crippen LogP contribution in [0.5, 0.6) is 0 Å². The molecule has 4 rings (SSSR count). The fraction of sp³-hybridized carbons (Fsp3) is 0.630. The predicted molar refractivity (Wildman–Crippen MR) is 134 cm³/mol. The second kappa shape index (κ2) is 9.90. The van der Waals surface area contributed by atoms with Gasteiger partial charge in [-0.3, -0.25) is 4.79 Å². The average molecular weight is 489 g/mol. The summed E-state index contributed by atoms with van der Waals surface area (Å²) in [5, 5.41) is 28.0. The largest absolute Gasteiger partial charge is 0.481 e. The summed E-state index contributed by atoms with van der Waals surface area (Å²) >= 11 is 6.42. The molecule has 2 aromatic rings. The summed E-state index contributed by atoms with van der Waals surface area (Å²) in [5.41, 5.74) is 4.87. The number of hydrogen-bond donors (Lipinski definition) is 3. The summed E-state index contributed by atoms with van der Waals surface area (Å²) < 4.78 is 5.90. The molecule has 1 heterocycles. The number of aliphatic hydroxyl groups excluding tert-OH is 1. The number of rotatable bonds is 11. The van der Waals surface area contributed by atoms with Crippen LogP contribution in [0.3, 0.4) is 0 Å². The van der Waals surface area contributed by atoms with Gasteiger partial charge in [-0.15, -0.1) is 11.6 Å². The third-order valence-electron chi connectivity index (χ3n) is 7.17. The summed E-state index contributed by atoms with van der Waals surface area (Å²) in [4.78, 5) is 11.5. The highest BCUT2D eigenvalue weighted by Gasteiger charge is 2.42. The van der Waals surface area contributed by atoms with E-state index in [9.17, 15) is 15.0 Å². The Balaban J connectivity index is 1.50. The van der Waals surface area contributed by atoms with Crippen LogP contribution in [0.2, 0.25) is 0 Å². The van der Waals surface area contributed by atoms with Crippen molar-refractivity contribution in [3.8, 4) is 0 Å². The maximum Gasteiger partial charge on any atom is 0.304 e. The molecule has 186 valence electrons. The minimum Gasteiger partial charge on any atom is -0.481 e. The van der Waals surface area contributed by atoms with E-state index in [2.05, 4.69) is 30.4 Å². The first-order valence-corrected chi connectivity index (χ1v) is 12.8. The number of carboxylic acid groups (broad SMARTS) is 1. The second-order valence-electron chi connectivity index (χ2n) is 11.1. The van der Waals surface area contributed by atoms with Crippen LogP contribution in [0, 0.1) is 19.8 Å². The third-order valence-corrected chi connectivity index (χ3v) is 7.32. The summed E-state index contributed by atoms with van der Waals surface area (Å²) in [6.45, 7) is 8.12. The van der Waals surface area contributed by atoms with Crippen molar-refractivity contribution in [3.63, 3.8) is 0 Å². The van der Waals surface area contributed by atoms with E-state index in [0.717, 1.165) is 65.9 Å². The number of aromatic nitrogens is 1. The van der Waals surface area contributed by atoms with Crippen molar-refractivity contribution in [2.24, 2.45) is 5.92 Å². The number of aliphatic carboxylic acids is 1. The molecule has 0 radical (unpaired) electrons. The summed E-state index contributed by atoms with van der Waals surface area (Å²) in [6.07, 6.45) is 4.46. The van der Waals surface area contributed by atoms with Gasteiger partial charge in [-0.1, -0.05) is 22.9 Å². The number of hydrogen-bond acceptors (Lipinski definition) is 5. The smallest absolute Gasteiger partial charge is 0.304 e. The molecule has 0 aliphatic heterocycles. The Morgan fingerprint density at radius 3 is 2.56 bits per heavy atom. The number of carbonyl (C=O) groups is 1. The third kappa shape index (κ3) is 6.14. The number of benzene rings is 1. The maximum atomic E-state index is 11.7. The van der Waals surface area contributed by atoms with Gasteiger partial charge in [0, 0.05) is 34.4 Å². The van der Waals surface area contributed by atoms with Crippen molar-refractivity contribution in [2.45, 2.75) is 101 Å². The Morgan fingerprint density at radius 2 is 1.97 bits per heavy atom. The lowest BCUT2D eigenvalue weighted by Crippen LogP contribution is -2.28. The van der Waals surface area contributed by atoms with E-state index in [1.54, 1.807) is 0 Å². The van der Waals surface area contributed by atoms with Gasteiger partial charge in [-0.05, 0) is 83.3 Å². The van der Waals surface area contributed by atoms with Crippen LogP contribution in [0.25, 0.3) is 0 Å². The molecule has 2 atom stereocenters. The van der Waals surface area contributed by atoms with E-state index in [-0.39, 0.29) is 17.7 Å². The molecule has 2 saturated carbocycles. The molecule has 2 fully saturated rings. The summed E-state index contributed by atoms with van der Waals surface area (Å²) in [6, 6.07) is 5.98. The van der Waals surface area contributed by atoms with Crippen LogP contribution in [0.15, 0.2) is 22.7 Å². The number of aryl methyl sites for hydroxylation is 2. The molecule has 0 saturated heterocycles. The van der Waals surface area contributed by atoms with Gasteiger partial charge in [0.1, 0.15) is 12.0 Å². The molecule has 7 heteroatoms. The van der Waals surface area contributed by atoms with E-state index in [0.29, 0.717) is 17.8 Å². The lowest BCUT2D eigenvalue weighted by molar-refractivity contribution is -0.137. The standard InChI is InChI=1S/C27H37ClN2O4/c1-15-5-8-21(16(2)9-15)29-22(31)12-19(13-23(32)33)25-24(18-6-7-18)26(34-30-25)20-10-17(11-20)14-27(3,4)28/h5,8-9,17-20,22,29,31H,6-7,10-14H2,1-4H3,(H,32,33)/t17?,19-,20?,22?/m1/s1. The van der Waals surface area contributed by atoms with Crippen LogP contribution >= 0.6 is 11.6 Å². The first-order chi connectivity index (χ1) is 16.0. The molecular formula is C27H37ClN2O4. The predicted octanol–water partition coefficient (Wildman–Crippen LogP) is 6.45. The number of aliphatic hydroxyl groups is 1. The molecule has 1 aromatic carbocycles. The van der Waals surface area contributed by atoms with E-state index in [1.807, 2.05) is 26.0 Å². The van der Waals surface area contributed by atoms with Gasteiger partial charge in [0.25, 0.3) is 0 Å². The molecule has 2 aliphatic rings. The van der Waals surface area contributed by atoms with Crippen molar-refractivity contribution < 1.29 is 19.5 Å². The molecule has 3 N–H and O–H groups in total. The highest BCUT2D eigenvalue weighted by atomic mass is 35.5. The Bertz CT molecular complexity index is 1020. The van der Waals surface area contributed by atoms with Crippen molar-refractivity contribution >= 4 is 23.3 Å². The van der Waals surface area contributed by atoms with E-state index in [4.69, 9.17) is 16.1 Å². The quantitative estimate of drug-likeness (QED) is 0.248. The first kappa shape index (κ1) is 25.1. The molecule has 0 spiro atoms. The lowest BCUT2D eigenvalue weighted by atomic mass is 9.69. The van der Waals surface area contributed by atoms with Crippen LogP contribution in [0.4, 0.5) is 5.69 Å². The van der Waals surface area contributed by atoms with Crippen molar-refractivity contribution in [1.29, 1.82) is 0 Å². The van der Waals surface area contributed by atoms with Gasteiger partial charge in [0.15, 0.2) is 0 Å². The fourth-order valence-electron chi connectivity index (χ4n) is 5.48. The van der Waals surface area contributed by atoms with Crippen LogP contribution in [-0.4, -0.2) is 32.4 Å². The topological polar surface area (TPSA) is 95.6 Å². The molecular weight excluding hydrogens is 452 g/mol. The lowest BCUT2D eigenvalue weighted by Gasteiger charge is -2.37. The normalized spacial score (nSPS) is 22.2. The van der Waals surface area contributed by atoms with Gasteiger partial charge in [0.05, 0.1) is 12.1 Å². The molecule has 6 nitrogen and oxygen atoms in total. The van der Waals surface area contributed by atoms with Crippen LogP contribution in [-0.2, 0) is 4.79 Å². The molecule has 2 aliphatic carbocycles. The minimum atomic E-state index is -0.900. The molecule has 34 heavy (non-hydrogen) atoms. The van der Waals surface area contributed by atoms with Crippen LogP contribution in [0.1, 0.15) is 105 Å².